The summed E-state index contributed by atoms with van der Waals surface area (Å²) in [6, 6.07) is 40.1. The molecule has 273 valence electrons. The first-order valence-electron chi connectivity index (χ1n) is 18.2. The average Bonchev–Trinajstić information content (AvgIpc) is 3.51. The van der Waals surface area contributed by atoms with Crippen LogP contribution in [0.25, 0.3) is 67.0 Å². The van der Waals surface area contributed by atoms with Gasteiger partial charge in [0.15, 0.2) is 0 Å². The SMILES string of the molecule is Cc1c[c-]c(-c2cc(C)c(C)cn2)cc1.Cc1cc(-c2[c-]ccc3c2oc2nc(-c4c(C)ccc(-c5ccccc5)c4C)ccc23)ncc1C(C)(C)C.[Ir]. The molecule has 8 rings (SSSR count). The fraction of sp³-hybridized carbons (Fsp3) is 0.204. The van der Waals surface area contributed by atoms with E-state index in [1.54, 1.807) is 0 Å². The molecule has 8 aromatic rings. The predicted octanol–water partition coefficient (Wildman–Crippen LogP) is 12.9. The zero-order valence-corrected chi connectivity index (χ0v) is 34.9. The van der Waals surface area contributed by atoms with Gasteiger partial charge < -0.3 is 14.4 Å². The molecule has 4 heterocycles. The van der Waals surface area contributed by atoms with Gasteiger partial charge in [0.05, 0.1) is 11.3 Å². The standard InChI is InChI=1S/C35H31N2O.C14H14N.Ir/c1-21-15-16-25(24-11-8-7-9-12-24)23(3)32(21)30-18-17-27-26-13-10-14-28(33(26)38-34(27)37-30)31-19-22(2)29(20-36-31)35(4,5)6;1-10-4-6-13(7-5-10)14-8-11(2)12(3)9-15-14;/h7-13,15-20H,1-6H3;4-6,8-9H,1-3H3;/q2*-1;. The van der Waals surface area contributed by atoms with Gasteiger partial charge >= 0.3 is 0 Å². The van der Waals surface area contributed by atoms with Crippen molar-refractivity contribution in [1.29, 1.82) is 0 Å². The van der Waals surface area contributed by atoms with E-state index in [0.717, 1.165) is 50.1 Å². The normalized spacial score (nSPS) is 11.3. The third kappa shape index (κ3) is 7.71. The maximum Gasteiger partial charge on any atom is 0.216 e. The van der Waals surface area contributed by atoms with Gasteiger partial charge in [-0.3, -0.25) is 0 Å². The van der Waals surface area contributed by atoms with E-state index in [-0.39, 0.29) is 25.5 Å². The number of aryl methyl sites for hydroxylation is 5. The van der Waals surface area contributed by atoms with Gasteiger partial charge in [-0.1, -0.05) is 104 Å². The summed E-state index contributed by atoms with van der Waals surface area (Å²) >= 11 is 0. The van der Waals surface area contributed by atoms with Crippen LogP contribution >= 0.6 is 0 Å². The maximum absolute atomic E-state index is 6.45. The summed E-state index contributed by atoms with van der Waals surface area (Å²) in [5, 5.41) is 2.02. The molecule has 5 heteroatoms. The summed E-state index contributed by atoms with van der Waals surface area (Å²) in [7, 11) is 0. The van der Waals surface area contributed by atoms with Crippen molar-refractivity contribution in [3.8, 4) is 44.9 Å². The number of hydrogen-bond donors (Lipinski definition) is 0. The molecule has 4 aromatic carbocycles. The van der Waals surface area contributed by atoms with Crippen LogP contribution in [0.4, 0.5) is 0 Å². The first-order chi connectivity index (χ1) is 25.4. The molecule has 0 bridgehead atoms. The van der Waals surface area contributed by atoms with Gasteiger partial charge in [0.25, 0.3) is 0 Å². The van der Waals surface area contributed by atoms with Gasteiger partial charge in [0.2, 0.25) is 5.71 Å². The van der Waals surface area contributed by atoms with E-state index in [2.05, 4.69) is 158 Å². The van der Waals surface area contributed by atoms with Gasteiger partial charge in [0.1, 0.15) is 0 Å². The number of benzene rings is 4. The Labute approximate surface area is 333 Å². The van der Waals surface area contributed by atoms with Crippen LogP contribution in [0.2, 0.25) is 0 Å². The molecule has 0 saturated heterocycles. The topological polar surface area (TPSA) is 51.8 Å². The zero-order chi connectivity index (χ0) is 37.4. The van der Waals surface area contributed by atoms with Gasteiger partial charge in [-0.15, -0.1) is 53.6 Å². The summed E-state index contributed by atoms with van der Waals surface area (Å²) in [5.41, 5.74) is 18.3. The second-order valence-corrected chi connectivity index (χ2v) is 15.1. The molecule has 0 saturated carbocycles. The molecule has 0 aliphatic heterocycles. The number of hydrogen-bond acceptors (Lipinski definition) is 4. The van der Waals surface area contributed by atoms with E-state index in [4.69, 9.17) is 14.4 Å². The fourth-order valence-corrected chi connectivity index (χ4v) is 7.03. The van der Waals surface area contributed by atoms with Crippen molar-refractivity contribution < 1.29 is 24.5 Å². The second-order valence-electron chi connectivity index (χ2n) is 15.1. The molecule has 4 nitrogen and oxygen atoms in total. The molecule has 0 atom stereocenters. The van der Waals surface area contributed by atoms with Crippen LogP contribution in [0.5, 0.6) is 0 Å². The Morgan fingerprint density at radius 1 is 0.630 bits per heavy atom. The molecular formula is C49H45IrN3O-2. The van der Waals surface area contributed by atoms with Crippen LogP contribution in [0.3, 0.4) is 0 Å². The Balaban J connectivity index is 0.000000261. The van der Waals surface area contributed by atoms with E-state index in [9.17, 15) is 0 Å². The van der Waals surface area contributed by atoms with Crippen molar-refractivity contribution in [2.75, 3.05) is 0 Å². The van der Waals surface area contributed by atoms with E-state index in [1.165, 1.54) is 50.1 Å². The molecule has 4 aromatic heterocycles. The van der Waals surface area contributed by atoms with Crippen LogP contribution < -0.4 is 0 Å². The van der Waals surface area contributed by atoms with Crippen LogP contribution in [0, 0.1) is 53.7 Å². The minimum Gasteiger partial charge on any atom is -0.486 e. The van der Waals surface area contributed by atoms with Crippen LogP contribution in [-0.4, -0.2) is 15.0 Å². The van der Waals surface area contributed by atoms with Crippen LogP contribution in [0.1, 0.15) is 59.7 Å². The van der Waals surface area contributed by atoms with Gasteiger partial charge in [-0.2, -0.15) is 0 Å². The van der Waals surface area contributed by atoms with Crippen LogP contribution in [0.15, 0.2) is 114 Å². The zero-order valence-electron chi connectivity index (χ0n) is 32.5. The second kappa shape index (κ2) is 15.6. The monoisotopic (exact) mass is 884 g/mol. The number of rotatable bonds is 4. The molecule has 0 fully saturated rings. The molecule has 1 radical (unpaired) electrons. The smallest absolute Gasteiger partial charge is 0.216 e. The quantitative estimate of drug-likeness (QED) is 0.165. The van der Waals surface area contributed by atoms with Crippen LogP contribution in [-0.2, 0) is 25.5 Å². The molecule has 0 spiro atoms. The number of nitrogens with zero attached hydrogens (tertiary/aromatic N) is 3. The first kappa shape index (κ1) is 38.5. The average molecular weight is 884 g/mol. The van der Waals surface area contributed by atoms with Gasteiger partial charge in [-0.05, 0) is 96.9 Å². The number of furan rings is 1. The molecule has 0 N–H and O–H groups in total. The largest absolute Gasteiger partial charge is 0.486 e. The molecule has 0 aliphatic rings. The number of fused-ring (bicyclic) bond motifs is 3. The van der Waals surface area contributed by atoms with Crippen molar-refractivity contribution >= 4 is 22.1 Å². The van der Waals surface area contributed by atoms with Crippen molar-refractivity contribution in [2.45, 2.75) is 67.7 Å². The van der Waals surface area contributed by atoms with Crippen molar-refractivity contribution in [1.82, 2.24) is 15.0 Å². The van der Waals surface area contributed by atoms with Crippen molar-refractivity contribution in [3.63, 3.8) is 0 Å². The fourth-order valence-electron chi connectivity index (χ4n) is 7.03. The third-order valence-corrected chi connectivity index (χ3v) is 10.1. The Hall–Kier alpha value is -5.22. The summed E-state index contributed by atoms with van der Waals surface area (Å²) < 4.78 is 6.45. The molecule has 54 heavy (non-hydrogen) atoms. The summed E-state index contributed by atoms with van der Waals surface area (Å²) in [4.78, 5) is 14.3. The third-order valence-electron chi connectivity index (χ3n) is 10.1. The molecule has 0 unspecified atom stereocenters. The van der Waals surface area contributed by atoms with Gasteiger partial charge in [0, 0.05) is 43.4 Å². The van der Waals surface area contributed by atoms with E-state index in [1.807, 2.05) is 30.6 Å². The van der Waals surface area contributed by atoms with E-state index in [0.29, 0.717) is 5.71 Å². The number of pyridine rings is 3. The Morgan fingerprint density at radius 2 is 1.37 bits per heavy atom. The minimum atomic E-state index is 0. The van der Waals surface area contributed by atoms with E-state index < -0.39 is 0 Å². The summed E-state index contributed by atoms with van der Waals surface area (Å²) in [6.45, 7) is 19.4. The predicted molar refractivity (Wildman–Crippen MR) is 220 cm³/mol. The Morgan fingerprint density at radius 3 is 2.06 bits per heavy atom. The Kier molecular flexibility index (Phi) is 11.1. The minimum absolute atomic E-state index is 0. The van der Waals surface area contributed by atoms with Crippen molar-refractivity contribution in [2.24, 2.45) is 0 Å². The first-order valence-corrected chi connectivity index (χ1v) is 18.2. The molecule has 0 aliphatic carbocycles. The Bertz CT molecular complexity index is 2600. The van der Waals surface area contributed by atoms with Gasteiger partial charge in [-0.25, -0.2) is 4.98 Å². The van der Waals surface area contributed by atoms with E-state index >= 15 is 0 Å². The molecular weight excluding hydrogens is 839 g/mol. The maximum atomic E-state index is 6.45. The number of aromatic nitrogens is 3. The van der Waals surface area contributed by atoms with Crippen molar-refractivity contribution in [3.05, 3.63) is 161 Å². The summed E-state index contributed by atoms with van der Waals surface area (Å²) in [5.74, 6) is 0. The summed E-state index contributed by atoms with van der Waals surface area (Å²) in [6.07, 6.45) is 3.90. The molecule has 0 amide bonds.